The van der Waals surface area contributed by atoms with Gasteiger partial charge in [-0.1, -0.05) is 29.3 Å². The average molecular weight is 191 g/mol. The molecule has 0 radical (unpaired) electrons. The number of halogens is 2. The Morgan fingerprint density at radius 2 is 2.00 bits per heavy atom. The highest BCUT2D eigenvalue weighted by Crippen LogP contribution is 2.30. The van der Waals surface area contributed by atoms with Crippen LogP contribution in [0.15, 0.2) is 18.2 Å². The summed E-state index contributed by atoms with van der Waals surface area (Å²) in [5.74, 6) is 5.47. The van der Waals surface area contributed by atoms with E-state index in [9.17, 15) is 0 Å². The van der Waals surface area contributed by atoms with Gasteiger partial charge < -0.3 is 5.01 Å². The van der Waals surface area contributed by atoms with Gasteiger partial charge in [-0.2, -0.15) is 0 Å². The van der Waals surface area contributed by atoms with E-state index in [1.165, 1.54) is 5.01 Å². The molecule has 60 valence electrons. The van der Waals surface area contributed by atoms with E-state index in [1.807, 2.05) is 0 Å². The van der Waals surface area contributed by atoms with E-state index in [1.54, 1.807) is 25.2 Å². The van der Waals surface area contributed by atoms with Crippen LogP contribution in [0.4, 0.5) is 5.69 Å². The lowest BCUT2D eigenvalue weighted by molar-refractivity contribution is 1.02. The summed E-state index contributed by atoms with van der Waals surface area (Å²) in [4.78, 5) is 0. The van der Waals surface area contributed by atoms with Crippen molar-refractivity contribution in [2.45, 2.75) is 0 Å². The van der Waals surface area contributed by atoms with Gasteiger partial charge in [-0.05, 0) is 12.1 Å². The SMILES string of the molecule is CN(N)c1cccc(Cl)c1Cl. The first-order chi connectivity index (χ1) is 5.13. The zero-order chi connectivity index (χ0) is 8.43. The lowest BCUT2D eigenvalue weighted by atomic mass is 10.3. The second-order valence-electron chi connectivity index (χ2n) is 2.18. The molecule has 11 heavy (non-hydrogen) atoms. The molecule has 0 aliphatic carbocycles. The molecule has 0 amide bonds. The zero-order valence-electron chi connectivity index (χ0n) is 6.01. The molecule has 1 aromatic carbocycles. The van der Waals surface area contributed by atoms with Crippen molar-refractivity contribution in [3.63, 3.8) is 0 Å². The highest BCUT2D eigenvalue weighted by molar-refractivity contribution is 6.43. The van der Waals surface area contributed by atoms with Crippen LogP contribution in [0.5, 0.6) is 0 Å². The zero-order valence-corrected chi connectivity index (χ0v) is 7.52. The predicted molar refractivity (Wildman–Crippen MR) is 49.1 cm³/mol. The lowest BCUT2D eigenvalue weighted by Gasteiger charge is -2.13. The molecule has 0 saturated carbocycles. The fraction of sp³-hybridized carbons (Fsp3) is 0.143. The molecule has 2 N–H and O–H groups in total. The Hall–Kier alpha value is -0.440. The first kappa shape index (κ1) is 8.65. The van der Waals surface area contributed by atoms with Gasteiger partial charge in [-0.25, -0.2) is 5.84 Å². The third-order valence-electron chi connectivity index (χ3n) is 1.31. The third kappa shape index (κ3) is 1.77. The second kappa shape index (κ2) is 3.30. The van der Waals surface area contributed by atoms with Crippen molar-refractivity contribution < 1.29 is 0 Å². The van der Waals surface area contributed by atoms with E-state index in [0.29, 0.717) is 10.0 Å². The molecule has 0 fully saturated rings. The van der Waals surface area contributed by atoms with E-state index in [0.717, 1.165) is 5.69 Å². The van der Waals surface area contributed by atoms with Gasteiger partial charge in [0.15, 0.2) is 0 Å². The maximum atomic E-state index is 5.83. The van der Waals surface area contributed by atoms with Crippen LogP contribution in [0.3, 0.4) is 0 Å². The Bertz CT molecular complexity index is 261. The van der Waals surface area contributed by atoms with Crippen LogP contribution < -0.4 is 10.9 Å². The van der Waals surface area contributed by atoms with E-state index in [2.05, 4.69) is 0 Å². The fourth-order valence-electron chi connectivity index (χ4n) is 0.765. The summed E-state index contributed by atoms with van der Waals surface area (Å²) >= 11 is 11.6. The van der Waals surface area contributed by atoms with Gasteiger partial charge in [0, 0.05) is 7.05 Å². The van der Waals surface area contributed by atoms with E-state index in [4.69, 9.17) is 29.0 Å². The van der Waals surface area contributed by atoms with Gasteiger partial charge in [0.1, 0.15) is 0 Å². The number of hydrogen-bond donors (Lipinski definition) is 1. The quantitative estimate of drug-likeness (QED) is 0.545. The van der Waals surface area contributed by atoms with Crippen LogP contribution in [0.1, 0.15) is 0 Å². The van der Waals surface area contributed by atoms with Gasteiger partial charge in [0.05, 0.1) is 15.7 Å². The van der Waals surface area contributed by atoms with Crippen molar-refractivity contribution in [1.82, 2.24) is 0 Å². The average Bonchev–Trinajstić information content (AvgIpc) is 1.94. The predicted octanol–water partition coefficient (Wildman–Crippen LogP) is 2.30. The van der Waals surface area contributed by atoms with E-state index in [-0.39, 0.29) is 0 Å². The minimum Gasteiger partial charge on any atom is -0.313 e. The fourth-order valence-corrected chi connectivity index (χ4v) is 1.19. The topological polar surface area (TPSA) is 29.3 Å². The van der Waals surface area contributed by atoms with Gasteiger partial charge in [0.2, 0.25) is 0 Å². The first-order valence-corrected chi connectivity index (χ1v) is 3.81. The van der Waals surface area contributed by atoms with Crippen LogP contribution in [0.2, 0.25) is 10.0 Å². The van der Waals surface area contributed by atoms with Crippen molar-refractivity contribution >= 4 is 28.9 Å². The van der Waals surface area contributed by atoms with Crippen LogP contribution in [-0.2, 0) is 0 Å². The summed E-state index contributed by atoms with van der Waals surface area (Å²) in [6.45, 7) is 0. The Labute approximate surface area is 75.5 Å². The molecular formula is C7H8Cl2N2. The summed E-state index contributed by atoms with van der Waals surface area (Å²) in [6, 6.07) is 5.32. The molecule has 0 heterocycles. The second-order valence-corrected chi connectivity index (χ2v) is 2.97. The summed E-state index contributed by atoms with van der Waals surface area (Å²) in [6.07, 6.45) is 0. The van der Waals surface area contributed by atoms with E-state index >= 15 is 0 Å². The summed E-state index contributed by atoms with van der Waals surface area (Å²) in [5.41, 5.74) is 0.721. The molecule has 2 nitrogen and oxygen atoms in total. The van der Waals surface area contributed by atoms with Gasteiger partial charge in [0.25, 0.3) is 0 Å². The molecule has 1 rings (SSSR count). The maximum absolute atomic E-state index is 5.83. The monoisotopic (exact) mass is 190 g/mol. The molecule has 0 saturated heterocycles. The van der Waals surface area contributed by atoms with Crippen LogP contribution in [0.25, 0.3) is 0 Å². The highest BCUT2D eigenvalue weighted by Gasteiger charge is 2.04. The van der Waals surface area contributed by atoms with Gasteiger partial charge in [-0.15, -0.1) is 0 Å². The number of rotatable bonds is 1. The lowest BCUT2D eigenvalue weighted by Crippen LogP contribution is -2.25. The highest BCUT2D eigenvalue weighted by atomic mass is 35.5. The Balaban J connectivity index is 3.17. The van der Waals surface area contributed by atoms with Crippen molar-refractivity contribution in [2.24, 2.45) is 5.84 Å². The largest absolute Gasteiger partial charge is 0.313 e. The van der Waals surface area contributed by atoms with Crippen molar-refractivity contribution in [2.75, 3.05) is 12.1 Å². The normalized spacial score (nSPS) is 9.82. The minimum atomic E-state index is 0.485. The Morgan fingerprint density at radius 3 is 2.45 bits per heavy atom. The summed E-state index contributed by atoms with van der Waals surface area (Å²) < 4.78 is 0. The van der Waals surface area contributed by atoms with Crippen LogP contribution in [0, 0.1) is 0 Å². The minimum absolute atomic E-state index is 0.485. The number of nitrogens with zero attached hydrogens (tertiary/aromatic N) is 1. The standard InChI is InChI=1S/C7H8Cl2N2/c1-11(10)6-4-2-3-5(8)7(6)9/h2-4H,10H2,1H3. The van der Waals surface area contributed by atoms with Crippen molar-refractivity contribution in [3.8, 4) is 0 Å². The molecule has 0 unspecified atom stereocenters. The number of anilines is 1. The summed E-state index contributed by atoms with van der Waals surface area (Å²) in [7, 11) is 1.71. The van der Waals surface area contributed by atoms with Gasteiger partial charge >= 0.3 is 0 Å². The third-order valence-corrected chi connectivity index (χ3v) is 2.12. The first-order valence-electron chi connectivity index (χ1n) is 3.05. The molecule has 4 heteroatoms. The summed E-state index contributed by atoms with van der Waals surface area (Å²) in [5, 5.41) is 2.43. The number of hydrogen-bond acceptors (Lipinski definition) is 2. The van der Waals surface area contributed by atoms with Crippen molar-refractivity contribution in [1.29, 1.82) is 0 Å². The molecule has 0 atom stereocenters. The molecule has 1 aromatic rings. The Morgan fingerprint density at radius 1 is 1.36 bits per heavy atom. The molecular weight excluding hydrogens is 183 g/mol. The smallest absolute Gasteiger partial charge is 0.0839 e. The van der Waals surface area contributed by atoms with Crippen LogP contribution in [-0.4, -0.2) is 7.05 Å². The molecule has 0 bridgehead atoms. The molecule has 0 spiro atoms. The van der Waals surface area contributed by atoms with Gasteiger partial charge in [-0.3, -0.25) is 0 Å². The Kier molecular flexibility index (Phi) is 2.60. The maximum Gasteiger partial charge on any atom is 0.0839 e. The number of benzene rings is 1. The number of hydrazine groups is 1. The molecule has 0 aliphatic heterocycles. The van der Waals surface area contributed by atoms with E-state index < -0.39 is 0 Å². The van der Waals surface area contributed by atoms with Crippen LogP contribution >= 0.6 is 23.2 Å². The van der Waals surface area contributed by atoms with Crippen molar-refractivity contribution in [3.05, 3.63) is 28.2 Å². The number of nitrogens with two attached hydrogens (primary N) is 1. The molecule has 0 aromatic heterocycles. The molecule has 0 aliphatic rings.